The molecule has 3 unspecified atom stereocenters. The zero-order chi connectivity index (χ0) is 13.9. The highest BCUT2D eigenvalue weighted by Gasteiger charge is 2.17. The first-order chi connectivity index (χ1) is 8.36. The molecule has 0 fully saturated rings. The van der Waals surface area contributed by atoms with Crippen molar-refractivity contribution in [2.45, 2.75) is 52.2 Å². The molecule has 0 amide bonds. The predicted octanol–water partition coefficient (Wildman–Crippen LogP) is 2.51. The predicted molar refractivity (Wildman–Crippen MR) is 75.2 cm³/mol. The smallest absolute Gasteiger partial charge is 0.122 e. The van der Waals surface area contributed by atoms with Crippen LogP contribution in [-0.4, -0.2) is 24.4 Å². The van der Waals surface area contributed by atoms with Crippen molar-refractivity contribution in [1.29, 1.82) is 0 Å². The molecule has 3 atom stereocenters. The minimum atomic E-state index is -0.457. The number of nitrogens with two attached hydrogens (primary N) is 1. The fraction of sp³-hybridized carbons (Fsp3) is 0.600. The second kappa shape index (κ2) is 6.21. The minimum Gasteiger partial charge on any atom is -0.496 e. The van der Waals surface area contributed by atoms with Crippen LogP contribution in [0.3, 0.4) is 0 Å². The van der Waals surface area contributed by atoms with E-state index in [1.807, 2.05) is 13.8 Å². The quantitative estimate of drug-likeness (QED) is 0.845. The summed E-state index contributed by atoms with van der Waals surface area (Å²) in [6, 6.07) is 4.01. The van der Waals surface area contributed by atoms with Crippen molar-refractivity contribution in [3.05, 3.63) is 28.8 Å². The average Bonchev–Trinajstić information content (AvgIpc) is 2.31. The molecule has 0 aliphatic rings. The number of aryl methyl sites for hydroxylation is 2. The first kappa shape index (κ1) is 15.0. The van der Waals surface area contributed by atoms with Crippen LogP contribution in [0.5, 0.6) is 5.75 Å². The molecule has 1 aromatic carbocycles. The highest BCUT2D eigenvalue weighted by Crippen LogP contribution is 2.30. The van der Waals surface area contributed by atoms with Gasteiger partial charge in [-0.1, -0.05) is 13.0 Å². The molecule has 0 aliphatic heterocycles. The molecule has 0 aromatic heterocycles. The highest BCUT2D eigenvalue weighted by molar-refractivity contribution is 5.42. The van der Waals surface area contributed by atoms with Gasteiger partial charge in [0.15, 0.2) is 0 Å². The van der Waals surface area contributed by atoms with E-state index in [2.05, 4.69) is 26.0 Å². The van der Waals surface area contributed by atoms with E-state index in [9.17, 15) is 5.11 Å². The van der Waals surface area contributed by atoms with Crippen molar-refractivity contribution in [3.63, 3.8) is 0 Å². The van der Waals surface area contributed by atoms with Crippen LogP contribution in [0, 0.1) is 13.8 Å². The second-order valence-electron chi connectivity index (χ2n) is 5.24. The number of hydrogen-bond acceptors (Lipinski definition) is 3. The Bertz CT molecular complexity index is 402. The van der Waals surface area contributed by atoms with Crippen LogP contribution in [0.15, 0.2) is 12.1 Å². The van der Waals surface area contributed by atoms with Crippen molar-refractivity contribution >= 4 is 0 Å². The molecule has 102 valence electrons. The molecule has 0 radical (unpaired) electrons. The molecule has 0 spiro atoms. The Hall–Kier alpha value is -1.06. The summed E-state index contributed by atoms with van der Waals surface area (Å²) in [7, 11) is 1.69. The lowest BCUT2D eigenvalue weighted by molar-refractivity contribution is 0.134. The van der Waals surface area contributed by atoms with Gasteiger partial charge in [0.05, 0.1) is 13.2 Å². The van der Waals surface area contributed by atoms with Crippen molar-refractivity contribution in [1.82, 2.24) is 0 Å². The summed E-state index contributed by atoms with van der Waals surface area (Å²) >= 11 is 0. The number of benzene rings is 1. The maximum absolute atomic E-state index is 9.87. The van der Waals surface area contributed by atoms with Gasteiger partial charge >= 0.3 is 0 Å². The van der Waals surface area contributed by atoms with Crippen LogP contribution in [0.1, 0.15) is 42.9 Å². The summed E-state index contributed by atoms with van der Waals surface area (Å²) in [5.41, 5.74) is 9.28. The van der Waals surface area contributed by atoms with Gasteiger partial charge in [0.2, 0.25) is 0 Å². The normalized spacial score (nSPS) is 16.2. The Labute approximate surface area is 110 Å². The third-order valence-electron chi connectivity index (χ3n) is 3.52. The number of aliphatic hydroxyl groups is 1. The summed E-state index contributed by atoms with van der Waals surface area (Å²) in [6.45, 7) is 8.08. The topological polar surface area (TPSA) is 55.5 Å². The largest absolute Gasteiger partial charge is 0.496 e. The maximum atomic E-state index is 9.87. The molecule has 1 aromatic rings. The number of aliphatic hydroxyl groups excluding tert-OH is 1. The van der Waals surface area contributed by atoms with Gasteiger partial charge in [-0.05, 0) is 55.9 Å². The summed E-state index contributed by atoms with van der Waals surface area (Å²) < 4.78 is 5.31. The molecule has 0 saturated carbocycles. The molecule has 1 rings (SSSR count). The van der Waals surface area contributed by atoms with Crippen LogP contribution in [0.4, 0.5) is 0 Å². The molecule has 3 heteroatoms. The van der Waals surface area contributed by atoms with Crippen molar-refractivity contribution in [2.75, 3.05) is 7.11 Å². The lowest BCUT2D eigenvalue weighted by Gasteiger charge is -2.22. The Morgan fingerprint density at radius 1 is 1.22 bits per heavy atom. The summed E-state index contributed by atoms with van der Waals surface area (Å²) in [5.74, 6) is 1.20. The van der Waals surface area contributed by atoms with E-state index >= 15 is 0 Å². The molecule has 3 N–H and O–H groups in total. The van der Waals surface area contributed by atoms with E-state index in [1.54, 1.807) is 7.11 Å². The highest BCUT2D eigenvalue weighted by atomic mass is 16.5. The zero-order valence-corrected chi connectivity index (χ0v) is 12.0. The lowest BCUT2D eigenvalue weighted by Crippen LogP contribution is -2.32. The molecule has 0 aliphatic carbocycles. The van der Waals surface area contributed by atoms with Gasteiger partial charge < -0.3 is 15.6 Å². The molecular formula is C15H25NO2. The number of methoxy groups -OCH3 is 1. The van der Waals surface area contributed by atoms with Crippen LogP contribution >= 0.6 is 0 Å². The first-order valence-electron chi connectivity index (χ1n) is 6.45. The zero-order valence-electron chi connectivity index (χ0n) is 12.0. The van der Waals surface area contributed by atoms with Gasteiger partial charge in [0.25, 0.3) is 0 Å². The van der Waals surface area contributed by atoms with Crippen molar-refractivity contribution in [3.8, 4) is 5.75 Å². The van der Waals surface area contributed by atoms with E-state index in [-0.39, 0.29) is 12.0 Å². The van der Waals surface area contributed by atoms with E-state index in [1.165, 1.54) is 11.1 Å². The molecular weight excluding hydrogens is 226 g/mol. The standard InChI is InChI=1S/C15H25NO2/c1-9(7-14(17)12(4)16)13-6-11(3)15(18-5)8-10(13)2/h6,8-9,12,14,17H,7,16H2,1-5H3. The van der Waals surface area contributed by atoms with Gasteiger partial charge in [0.1, 0.15) is 5.75 Å². The van der Waals surface area contributed by atoms with Crippen LogP contribution in [0.25, 0.3) is 0 Å². The second-order valence-corrected chi connectivity index (χ2v) is 5.24. The SMILES string of the molecule is COc1cc(C)c(C(C)CC(O)C(C)N)cc1C. The van der Waals surface area contributed by atoms with Gasteiger partial charge in [-0.15, -0.1) is 0 Å². The van der Waals surface area contributed by atoms with Gasteiger partial charge in [-0.3, -0.25) is 0 Å². The third kappa shape index (κ3) is 3.47. The average molecular weight is 251 g/mol. The molecule has 0 bridgehead atoms. The lowest BCUT2D eigenvalue weighted by atomic mass is 9.89. The van der Waals surface area contributed by atoms with Gasteiger partial charge in [-0.2, -0.15) is 0 Å². The van der Waals surface area contributed by atoms with Crippen LogP contribution in [-0.2, 0) is 0 Å². The fourth-order valence-electron chi connectivity index (χ4n) is 2.27. The van der Waals surface area contributed by atoms with E-state index < -0.39 is 6.10 Å². The number of hydrogen-bond donors (Lipinski definition) is 2. The van der Waals surface area contributed by atoms with Crippen LogP contribution in [0.2, 0.25) is 0 Å². The summed E-state index contributed by atoms with van der Waals surface area (Å²) in [6.07, 6.45) is 0.228. The Morgan fingerprint density at radius 3 is 2.33 bits per heavy atom. The van der Waals surface area contributed by atoms with Crippen LogP contribution < -0.4 is 10.5 Å². The fourth-order valence-corrected chi connectivity index (χ4v) is 2.27. The Kier molecular flexibility index (Phi) is 5.17. The maximum Gasteiger partial charge on any atom is 0.122 e. The monoisotopic (exact) mass is 251 g/mol. The van der Waals surface area contributed by atoms with Crippen molar-refractivity contribution in [2.24, 2.45) is 5.73 Å². The molecule has 0 heterocycles. The van der Waals surface area contributed by atoms with Gasteiger partial charge in [-0.25, -0.2) is 0 Å². The van der Waals surface area contributed by atoms with E-state index in [0.717, 1.165) is 11.3 Å². The van der Waals surface area contributed by atoms with E-state index in [4.69, 9.17) is 10.5 Å². The summed E-state index contributed by atoms with van der Waals surface area (Å²) in [4.78, 5) is 0. The Morgan fingerprint density at radius 2 is 1.83 bits per heavy atom. The molecule has 0 saturated heterocycles. The molecule has 3 nitrogen and oxygen atoms in total. The first-order valence-corrected chi connectivity index (χ1v) is 6.45. The van der Waals surface area contributed by atoms with Gasteiger partial charge in [0, 0.05) is 6.04 Å². The third-order valence-corrected chi connectivity index (χ3v) is 3.52. The molecule has 18 heavy (non-hydrogen) atoms. The number of ether oxygens (including phenoxy) is 1. The minimum absolute atomic E-state index is 0.188. The Balaban J connectivity index is 2.92. The van der Waals surface area contributed by atoms with E-state index in [0.29, 0.717) is 6.42 Å². The number of rotatable bonds is 5. The van der Waals surface area contributed by atoms with Crippen molar-refractivity contribution < 1.29 is 9.84 Å². The summed E-state index contributed by atoms with van der Waals surface area (Å²) in [5, 5.41) is 9.87.